The maximum absolute atomic E-state index is 13.7. The van der Waals surface area contributed by atoms with Crippen molar-refractivity contribution >= 4 is 29.4 Å². The van der Waals surface area contributed by atoms with Gasteiger partial charge in [-0.3, -0.25) is 9.69 Å². The van der Waals surface area contributed by atoms with E-state index < -0.39 is 24.6 Å². The van der Waals surface area contributed by atoms with Gasteiger partial charge in [-0.2, -0.15) is 16.4 Å². The first-order chi connectivity index (χ1) is 18.6. The third-order valence-electron chi connectivity index (χ3n) is 6.39. The van der Waals surface area contributed by atoms with Gasteiger partial charge >= 0.3 is 12.2 Å². The number of amides is 2. The molecule has 12 nitrogen and oxygen atoms in total. The van der Waals surface area contributed by atoms with E-state index in [0.29, 0.717) is 38.9 Å². The van der Waals surface area contributed by atoms with Crippen molar-refractivity contribution in [3.8, 4) is 28.4 Å². The molecule has 4 heterocycles. The van der Waals surface area contributed by atoms with E-state index in [2.05, 4.69) is 5.10 Å². The number of cyclic esters (lactones) is 1. The number of rotatable bonds is 8. The Kier molecular flexibility index (Phi) is 7.07. The lowest BCUT2D eigenvalue weighted by atomic mass is 9.98. The van der Waals surface area contributed by atoms with Crippen LogP contribution in [0.5, 0.6) is 11.5 Å². The first kappa shape index (κ1) is 26.7. The first-order valence-electron chi connectivity index (χ1n) is 12.1. The van der Waals surface area contributed by atoms with Gasteiger partial charge in [-0.05, 0) is 31.4 Å². The Hall–Kier alpha value is -3.91. The van der Waals surface area contributed by atoms with Gasteiger partial charge in [0.1, 0.15) is 24.7 Å². The molecule has 2 aromatic heterocycles. The molecule has 13 heteroatoms. The summed E-state index contributed by atoms with van der Waals surface area (Å²) in [5.74, 6) is 0.199. The molecule has 0 aliphatic carbocycles. The first-order valence-corrected chi connectivity index (χ1v) is 13.1. The SMILES string of the molecule is COc1cc2c(cc1C=C(C)C)-c1c(c(C(=O)N(CCN3CCOC3=O)C(O)(O)O)nn1-c1ccsc1)CO2. The Balaban J connectivity index is 1.62. The minimum absolute atomic E-state index is 0.0414. The summed E-state index contributed by atoms with van der Waals surface area (Å²) >= 11 is 1.45. The zero-order valence-electron chi connectivity index (χ0n) is 21.6. The van der Waals surface area contributed by atoms with Crippen LogP contribution in [-0.4, -0.2) is 86.3 Å². The maximum Gasteiger partial charge on any atom is 0.409 e. The van der Waals surface area contributed by atoms with Gasteiger partial charge in [0.2, 0.25) is 0 Å². The largest absolute Gasteiger partial charge is 0.496 e. The van der Waals surface area contributed by atoms with E-state index in [4.69, 9.17) is 14.2 Å². The number of hydrogen-bond acceptors (Lipinski definition) is 10. The minimum atomic E-state index is -3.50. The molecule has 3 aromatic rings. The van der Waals surface area contributed by atoms with E-state index >= 15 is 0 Å². The van der Waals surface area contributed by atoms with Crippen LogP contribution >= 0.6 is 11.3 Å². The van der Waals surface area contributed by atoms with Crippen LogP contribution in [0.4, 0.5) is 4.79 Å². The van der Waals surface area contributed by atoms with E-state index in [9.17, 15) is 24.9 Å². The van der Waals surface area contributed by atoms with E-state index in [0.717, 1.165) is 11.1 Å². The van der Waals surface area contributed by atoms with Crippen LogP contribution in [0.1, 0.15) is 35.5 Å². The number of fused-ring (bicyclic) bond motifs is 3. The van der Waals surface area contributed by atoms with Gasteiger partial charge in [0.05, 0.1) is 25.0 Å². The second-order valence-electron chi connectivity index (χ2n) is 9.33. The number of aromatic nitrogens is 2. The van der Waals surface area contributed by atoms with Crippen molar-refractivity contribution in [2.45, 2.75) is 26.6 Å². The number of benzene rings is 1. The molecule has 1 saturated heterocycles. The normalized spacial score (nSPS) is 14.3. The number of aliphatic hydroxyl groups is 3. The Bertz CT molecular complexity index is 1440. The molecule has 0 bridgehead atoms. The number of carbonyl (C=O) groups is 2. The smallest absolute Gasteiger partial charge is 0.409 e. The van der Waals surface area contributed by atoms with Crippen LogP contribution in [0.15, 0.2) is 34.5 Å². The summed E-state index contributed by atoms with van der Waals surface area (Å²) in [5.41, 5.74) is 4.07. The predicted molar refractivity (Wildman–Crippen MR) is 140 cm³/mol. The zero-order valence-corrected chi connectivity index (χ0v) is 22.4. The summed E-state index contributed by atoms with van der Waals surface area (Å²) in [6.45, 7) is 3.87. The molecule has 3 N–H and O–H groups in total. The lowest BCUT2D eigenvalue weighted by molar-refractivity contribution is -0.378. The molecular weight excluding hydrogens is 528 g/mol. The maximum atomic E-state index is 13.7. The van der Waals surface area contributed by atoms with Crippen LogP contribution in [0, 0.1) is 0 Å². The molecule has 0 spiro atoms. The van der Waals surface area contributed by atoms with Gasteiger partial charge in [-0.15, -0.1) is 0 Å². The van der Waals surface area contributed by atoms with Crippen molar-refractivity contribution in [2.24, 2.45) is 0 Å². The highest BCUT2D eigenvalue weighted by atomic mass is 32.1. The number of thiophene rings is 1. The Morgan fingerprint density at radius 3 is 2.69 bits per heavy atom. The summed E-state index contributed by atoms with van der Waals surface area (Å²) in [6.07, 6.45) is -2.13. The molecule has 1 fully saturated rings. The summed E-state index contributed by atoms with van der Waals surface area (Å²) in [4.78, 5) is 27.3. The third-order valence-corrected chi connectivity index (χ3v) is 7.06. The summed E-state index contributed by atoms with van der Waals surface area (Å²) in [7, 11) is 1.58. The number of hydrogen-bond donors (Lipinski definition) is 3. The van der Waals surface area contributed by atoms with E-state index in [1.54, 1.807) is 17.9 Å². The van der Waals surface area contributed by atoms with Crippen LogP contribution < -0.4 is 9.47 Å². The van der Waals surface area contributed by atoms with E-state index in [-0.39, 0.29) is 32.0 Å². The Morgan fingerprint density at radius 1 is 1.28 bits per heavy atom. The second-order valence-corrected chi connectivity index (χ2v) is 10.1. The fourth-order valence-electron chi connectivity index (χ4n) is 4.60. The van der Waals surface area contributed by atoms with Crippen molar-refractivity contribution in [1.82, 2.24) is 19.6 Å². The molecule has 2 aliphatic heterocycles. The summed E-state index contributed by atoms with van der Waals surface area (Å²) < 4.78 is 18.1. The number of carbonyl (C=O) groups excluding carboxylic acids is 2. The predicted octanol–water partition coefficient (Wildman–Crippen LogP) is 2.41. The fourth-order valence-corrected chi connectivity index (χ4v) is 5.21. The minimum Gasteiger partial charge on any atom is -0.496 e. The van der Waals surface area contributed by atoms with Crippen molar-refractivity contribution in [2.75, 3.05) is 33.4 Å². The summed E-state index contributed by atoms with van der Waals surface area (Å²) in [6, 6.07) is 5.51. The highest BCUT2D eigenvalue weighted by Gasteiger charge is 2.40. The van der Waals surface area contributed by atoms with Crippen LogP contribution in [-0.2, 0) is 11.3 Å². The fraction of sp³-hybridized carbons (Fsp3) is 0.346. The molecule has 39 heavy (non-hydrogen) atoms. The van der Waals surface area contributed by atoms with Crippen molar-refractivity contribution in [3.63, 3.8) is 0 Å². The second kappa shape index (κ2) is 10.3. The zero-order chi connectivity index (χ0) is 27.9. The molecule has 2 amide bonds. The molecule has 0 saturated carbocycles. The van der Waals surface area contributed by atoms with Gasteiger partial charge < -0.3 is 34.4 Å². The molecule has 5 rings (SSSR count). The average Bonchev–Trinajstić information content (AvgIpc) is 3.62. The van der Waals surface area contributed by atoms with Gasteiger partial charge in [-0.25, -0.2) is 9.48 Å². The monoisotopic (exact) mass is 556 g/mol. The van der Waals surface area contributed by atoms with Gasteiger partial charge in [-0.1, -0.05) is 11.6 Å². The van der Waals surface area contributed by atoms with Crippen molar-refractivity contribution in [3.05, 3.63) is 51.4 Å². The number of nitrogens with zero attached hydrogens (tertiary/aromatic N) is 4. The van der Waals surface area contributed by atoms with Gasteiger partial charge in [0.25, 0.3) is 5.91 Å². The average molecular weight is 557 g/mol. The van der Waals surface area contributed by atoms with Crippen LogP contribution in [0.2, 0.25) is 0 Å². The quantitative estimate of drug-likeness (QED) is 0.356. The standard InChI is InChI=1S/C26H28N4O8S/c1-15(2)10-16-11-18-21(12-20(16)36-3)38-13-19-22(27-30(23(18)19)17-4-9-39-14-17)24(31)29(26(33,34)35)6-5-28-7-8-37-25(28)32/h4,9-12,14,33-35H,5-8,13H2,1-3H3. The molecule has 206 valence electrons. The molecule has 0 unspecified atom stereocenters. The number of ether oxygens (including phenoxy) is 3. The lowest BCUT2D eigenvalue weighted by Crippen LogP contribution is -2.54. The van der Waals surface area contributed by atoms with Crippen molar-refractivity contribution < 1.29 is 39.1 Å². The highest BCUT2D eigenvalue weighted by Crippen LogP contribution is 2.44. The molecule has 0 radical (unpaired) electrons. The van der Waals surface area contributed by atoms with Crippen molar-refractivity contribution in [1.29, 1.82) is 0 Å². The summed E-state index contributed by atoms with van der Waals surface area (Å²) in [5, 5.41) is 38.5. The van der Waals surface area contributed by atoms with E-state index in [1.165, 1.54) is 16.2 Å². The van der Waals surface area contributed by atoms with Crippen LogP contribution in [0.3, 0.4) is 0 Å². The Morgan fingerprint density at radius 2 is 2.08 bits per heavy atom. The third kappa shape index (κ3) is 5.08. The number of allylic oxidation sites excluding steroid dienone is 1. The van der Waals surface area contributed by atoms with Gasteiger partial charge in [0.15, 0.2) is 5.69 Å². The van der Waals surface area contributed by atoms with Gasteiger partial charge in [0, 0.05) is 41.2 Å². The van der Waals surface area contributed by atoms with E-state index in [1.807, 2.05) is 42.8 Å². The molecular formula is C26H28N4O8S. The topological polar surface area (TPSA) is 147 Å². The van der Waals surface area contributed by atoms with Crippen LogP contribution in [0.25, 0.3) is 23.0 Å². The molecule has 0 atom stereocenters. The molecule has 1 aromatic carbocycles. The lowest BCUT2D eigenvalue weighted by Gasteiger charge is -2.31. The Labute approximate surface area is 227 Å². The highest BCUT2D eigenvalue weighted by molar-refractivity contribution is 7.08. The number of methoxy groups -OCH3 is 1. The molecule has 2 aliphatic rings.